The van der Waals surface area contributed by atoms with Gasteiger partial charge in [0.05, 0.1) is 11.1 Å². The fraction of sp³-hybridized carbons (Fsp3) is 0.167. The van der Waals surface area contributed by atoms with E-state index in [2.05, 4.69) is 21.4 Å². The van der Waals surface area contributed by atoms with E-state index < -0.39 is 5.82 Å². The lowest BCUT2D eigenvalue weighted by Gasteiger charge is -2.17. The van der Waals surface area contributed by atoms with E-state index >= 15 is 0 Å². The number of thiophene rings is 1. The highest BCUT2D eigenvalue weighted by Gasteiger charge is 2.18. The Labute approximate surface area is 122 Å². The number of rotatable bonds is 4. The van der Waals surface area contributed by atoms with Crippen molar-refractivity contribution >= 4 is 38.9 Å². The fourth-order valence-corrected chi connectivity index (χ4v) is 3.45. The molecule has 18 heavy (non-hydrogen) atoms. The zero-order chi connectivity index (χ0) is 13.1. The average molecular weight is 350 g/mol. The van der Waals surface area contributed by atoms with Gasteiger partial charge in [-0.3, -0.25) is 11.3 Å². The lowest BCUT2D eigenvalue weighted by molar-refractivity contribution is 0.513. The molecule has 2 rings (SSSR count). The minimum Gasteiger partial charge on any atom is -0.271 e. The molecule has 1 unspecified atom stereocenters. The zero-order valence-electron chi connectivity index (χ0n) is 9.29. The quantitative estimate of drug-likeness (QED) is 0.645. The van der Waals surface area contributed by atoms with Crippen LogP contribution in [0.5, 0.6) is 0 Å². The van der Waals surface area contributed by atoms with Crippen molar-refractivity contribution in [2.75, 3.05) is 0 Å². The van der Waals surface area contributed by atoms with Gasteiger partial charge in [0.2, 0.25) is 0 Å². The maximum Gasteiger partial charge on any atom is 0.146 e. The molecule has 0 aliphatic rings. The molecule has 0 spiro atoms. The molecule has 96 valence electrons. The van der Waals surface area contributed by atoms with Crippen molar-refractivity contribution in [3.05, 3.63) is 55.4 Å². The molecule has 6 heteroatoms. The van der Waals surface area contributed by atoms with Crippen LogP contribution in [0.3, 0.4) is 0 Å². The van der Waals surface area contributed by atoms with Crippen molar-refractivity contribution in [3.63, 3.8) is 0 Å². The van der Waals surface area contributed by atoms with Crippen LogP contribution >= 0.6 is 38.9 Å². The van der Waals surface area contributed by atoms with Gasteiger partial charge in [0.1, 0.15) is 5.82 Å². The summed E-state index contributed by atoms with van der Waals surface area (Å²) in [5.41, 5.74) is 3.12. The van der Waals surface area contributed by atoms with Gasteiger partial charge in [0, 0.05) is 21.3 Å². The molecular formula is C12H11BrClFN2S. The average Bonchev–Trinajstić information content (AvgIpc) is 2.76. The number of nitrogens with one attached hydrogen (secondary N) is 1. The molecule has 2 nitrogen and oxygen atoms in total. The van der Waals surface area contributed by atoms with Gasteiger partial charge in [0.15, 0.2) is 0 Å². The van der Waals surface area contributed by atoms with Crippen molar-refractivity contribution in [1.29, 1.82) is 0 Å². The first-order valence-corrected chi connectivity index (χ1v) is 7.30. The van der Waals surface area contributed by atoms with Gasteiger partial charge in [-0.1, -0.05) is 23.7 Å². The Kier molecular flexibility index (Phi) is 4.75. The van der Waals surface area contributed by atoms with Crippen LogP contribution < -0.4 is 11.3 Å². The van der Waals surface area contributed by atoms with Crippen molar-refractivity contribution in [2.45, 2.75) is 12.5 Å². The normalized spacial score (nSPS) is 12.7. The predicted octanol–water partition coefficient (Wildman–Crippen LogP) is 4.05. The lowest BCUT2D eigenvalue weighted by atomic mass is 10.0. The second-order valence-electron chi connectivity index (χ2n) is 3.76. The maximum atomic E-state index is 13.9. The standard InChI is InChI=1S/C12H11BrClFN2S/c13-8-4-5-18-11(8)6-10(17-16)7-2-1-3-9(14)12(7)15/h1-5,10,17H,6,16H2. The van der Waals surface area contributed by atoms with E-state index in [4.69, 9.17) is 17.4 Å². The molecule has 1 heterocycles. The first-order chi connectivity index (χ1) is 8.63. The largest absolute Gasteiger partial charge is 0.271 e. The summed E-state index contributed by atoms with van der Waals surface area (Å²) >= 11 is 10.8. The maximum absolute atomic E-state index is 13.9. The molecule has 0 radical (unpaired) electrons. The van der Waals surface area contributed by atoms with Crippen LogP contribution in [-0.2, 0) is 6.42 Å². The summed E-state index contributed by atoms with van der Waals surface area (Å²) in [6.07, 6.45) is 0.603. The highest BCUT2D eigenvalue weighted by Crippen LogP contribution is 2.30. The van der Waals surface area contributed by atoms with E-state index in [0.29, 0.717) is 12.0 Å². The Morgan fingerprint density at radius 1 is 1.44 bits per heavy atom. The van der Waals surface area contributed by atoms with Gasteiger partial charge in [0.25, 0.3) is 0 Å². The molecule has 0 aliphatic carbocycles. The molecule has 2 aromatic rings. The Morgan fingerprint density at radius 2 is 2.22 bits per heavy atom. The third-order valence-corrected chi connectivity index (χ3v) is 4.88. The molecule has 0 bridgehead atoms. The molecule has 1 aromatic heterocycles. The first-order valence-electron chi connectivity index (χ1n) is 5.25. The fourth-order valence-electron chi connectivity index (χ4n) is 1.70. The van der Waals surface area contributed by atoms with Crippen molar-refractivity contribution in [1.82, 2.24) is 5.43 Å². The first kappa shape index (κ1) is 14.0. The van der Waals surface area contributed by atoms with Gasteiger partial charge >= 0.3 is 0 Å². The van der Waals surface area contributed by atoms with E-state index in [0.717, 1.165) is 9.35 Å². The Hall–Kier alpha value is -0.460. The topological polar surface area (TPSA) is 38.0 Å². The van der Waals surface area contributed by atoms with Crippen LogP contribution in [0.1, 0.15) is 16.5 Å². The third-order valence-electron chi connectivity index (χ3n) is 2.64. The van der Waals surface area contributed by atoms with Crippen LogP contribution in [0.25, 0.3) is 0 Å². The Morgan fingerprint density at radius 3 is 2.83 bits per heavy atom. The summed E-state index contributed by atoms with van der Waals surface area (Å²) in [7, 11) is 0. The van der Waals surface area contributed by atoms with Crippen LogP contribution in [0.2, 0.25) is 5.02 Å². The SMILES string of the molecule is NNC(Cc1sccc1Br)c1cccc(Cl)c1F. The van der Waals surface area contributed by atoms with Gasteiger partial charge < -0.3 is 0 Å². The molecule has 1 atom stereocenters. The predicted molar refractivity (Wildman–Crippen MR) is 77.2 cm³/mol. The molecule has 3 N–H and O–H groups in total. The van der Waals surface area contributed by atoms with Crippen LogP contribution in [-0.4, -0.2) is 0 Å². The summed E-state index contributed by atoms with van der Waals surface area (Å²) in [4.78, 5) is 1.11. The molecule has 0 saturated heterocycles. The monoisotopic (exact) mass is 348 g/mol. The van der Waals surface area contributed by atoms with Gasteiger partial charge in [-0.15, -0.1) is 11.3 Å². The smallest absolute Gasteiger partial charge is 0.146 e. The minimum atomic E-state index is -0.421. The zero-order valence-corrected chi connectivity index (χ0v) is 12.4. The van der Waals surface area contributed by atoms with E-state index in [1.807, 2.05) is 11.4 Å². The molecule has 1 aromatic carbocycles. The number of hydrogen-bond acceptors (Lipinski definition) is 3. The van der Waals surface area contributed by atoms with Gasteiger partial charge in [-0.25, -0.2) is 4.39 Å². The number of halogens is 3. The van der Waals surface area contributed by atoms with E-state index in [-0.39, 0.29) is 11.1 Å². The molecular weight excluding hydrogens is 339 g/mol. The summed E-state index contributed by atoms with van der Waals surface area (Å²) in [6, 6.07) is 6.58. The Balaban J connectivity index is 2.29. The van der Waals surface area contributed by atoms with E-state index in [9.17, 15) is 4.39 Å². The minimum absolute atomic E-state index is 0.109. The van der Waals surface area contributed by atoms with E-state index in [1.54, 1.807) is 23.5 Å². The number of hydrazine groups is 1. The number of benzene rings is 1. The Bertz CT molecular complexity index is 547. The summed E-state index contributed by atoms with van der Waals surface area (Å²) in [5.74, 6) is 5.10. The van der Waals surface area contributed by atoms with E-state index in [1.165, 1.54) is 6.07 Å². The second kappa shape index (κ2) is 6.12. The third kappa shape index (κ3) is 2.92. The highest BCUT2D eigenvalue weighted by atomic mass is 79.9. The molecule has 0 saturated carbocycles. The van der Waals surface area contributed by atoms with Gasteiger partial charge in [-0.05, 0) is 33.4 Å². The van der Waals surface area contributed by atoms with Crippen molar-refractivity contribution in [3.8, 4) is 0 Å². The molecule has 0 fully saturated rings. The molecule has 0 aliphatic heterocycles. The van der Waals surface area contributed by atoms with Crippen LogP contribution in [0.15, 0.2) is 34.1 Å². The van der Waals surface area contributed by atoms with Crippen molar-refractivity contribution < 1.29 is 4.39 Å². The summed E-state index contributed by atoms with van der Waals surface area (Å²) in [6.45, 7) is 0. The highest BCUT2D eigenvalue weighted by molar-refractivity contribution is 9.10. The lowest BCUT2D eigenvalue weighted by Crippen LogP contribution is -2.30. The van der Waals surface area contributed by atoms with Gasteiger partial charge in [-0.2, -0.15) is 0 Å². The summed E-state index contributed by atoms with van der Waals surface area (Å²) in [5, 5.41) is 2.08. The second-order valence-corrected chi connectivity index (χ2v) is 6.02. The number of hydrogen-bond donors (Lipinski definition) is 2. The summed E-state index contributed by atoms with van der Waals surface area (Å²) < 4.78 is 14.9. The van der Waals surface area contributed by atoms with Crippen molar-refractivity contribution in [2.24, 2.45) is 5.84 Å². The molecule has 0 amide bonds. The van der Waals surface area contributed by atoms with Crippen LogP contribution in [0, 0.1) is 5.82 Å². The number of nitrogens with two attached hydrogens (primary N) is 1. The van der Waals surface area contributed by atoms with Crippen LogP contribution in [0.4, 0.5) is 4.39 Å².